The molecule has 1 unspecified atom stereocenters. The number of hydrogen-bond acceptors (Lipinski definition) is 2. The Kier molecular flexibility index (Phi) is 4.11. The monoisotopic (exact) mass is 265 g/mol. The second kappa shape index (κ2) is 5.20. The molecule has 110 valence electrons. The largest absolute Gasteiger partial charge is 0.303 e. The molecule has 2 heteroatoms. The average Bonchev–Trinajstić information content (AvgIpc) is 2.56. The van der Waals surface area contributed by atoms with Crippen LogP contribution in [0.25, 0.3) is 0 Å². The molecule has 0 aromatic rings. The highest BCUT2D eigenvalue weighted by Crippen LogP contribution is 2.39. The van der Waals surface area contributed by atoms with Crippen LogP contribution in [0.5, 0.6) is 0 Å². The zero-order chi connectivity index (χ0) is 14.3. The van der Waals surface area contributed by atoms with E-state index < -0.39 is 0 Å². The summed E-state index contributed by atoms with van der Waals surface area (Å²) in [5.74, 6) is 1.66. The van der Waals surface area contributed by atoms with Crippen molar-refractivity contribution in [1.29, 1.82) is 0 Å². The molecule has 1 heterocycles. The van der Waals surface area contributed by atoms with E-state index in [2.05, 4.69) is 39.5 Å². The summed E-state index contributed by atoms with van der Waals surface area (Å²) in [6, 6.07) is 0. The fourth-order valence-corrected chi connectivity index (χ4v) is 3.81. The maximum absolute atomic E-state index is 12.3. The summed E-state index contributed by atoms with van der Waals surface area (Å²) in [5.41, 5.74) is 0.381. The predicted molar refractivity (Wildman–Crippen MR) is 80.1 cm³/mol. The molecule has 2 nitrogen and oxygen atoms in total. The van der Waals surface area contributed by atoms with Crippen LogP contribution in [0, 0.1) is 22.7 Å². The quantitative estimate of drug-likeness (QED) is 0.758. The number of hydrogen-bond donors (Lipinski definition) is 0. The Labute approximate surface area is 118 Å². The Hall–Kier alpha value is -0.370. The van der Waals surface area contributed by atoms with Crippen molar-refractivity contribution in [2.75, 3.05) is 19.6 Å². The van der Waals surface area contributed by atoms with E-state index in [1.807, 2.05) is 0 Å². The van der Waals surface area contributed by atoms with E-state index in [4.69, 9.17) is 0 Å². The van der Waals surface area contributed by atoms with Crippen LogP contribution in [0.3, 0.4) is 0 Å². The summed E-state index contributed by atoms with van der Waals surface area (Å²) in [4.78, 5) is 14.8. The molecule has 0 aromatic heterocycles. The molecule has 2 aliphatic rings. The number of rotatable bonds is 2. The summed E-state index contributed by atoms with van der Waals surface area (Å²) in [6.07, 6.45) is 4.78. The van der Waals surface area contributed by atoms with E-state index in [-0.39, 0.29) is 5.41 Å². The van der Waals surface area contributed by atoms with Gasteiger partial charge < -0.3 is 4.90 Å². The van der Waals surface area contributed by atoms with Gasteiger partial charge in [-0.25, -0.2) is 0 Å². The fraction of sp³-hybridized carbons (Fsp3) is 0.941. The van der Waals surface area contributed by atoms with E-state index in [1.54, 1.807) is 0 Å². The minimum Gasteiger partial charge on any atom is -0.303 e. The Morgan fingerprint density at radius 1 is 1.16 bits per heavy atom. The number of piperidine rings is 1. The molecule has 1 aliphatic heterocycles. The normalized spacial score (nSPS) is 29.9. The van der Waals surface area contributed by atoms with Crippen LogP contribution < -0.4 is 0 Å². The Balaban J connectivity index is 1.82. The van der Waals surface area contributed by atoms with Crippen molar-refractivity contribution in [1.82, 2.24) is 4.90 Å². The Morgan fingerprint density at radius 2 is 1.74 bits per heavy atom. The van der Waals surface area contributed by atoms with E-state index in [0.29, 0.717) is 17.1 Å². The van der Waals surface area contributed by atoms with Gasteiger partial charge in [0.25, 0.3) is 0 Å². The first kappa shape index (κ1) is 15.0. The highest BCUT2D eigenvalue weighted by molar-refractivity contribution is 5.88. The van der Waals surface area contributed by atoms with Gasteiger partial charge in [0, 0.05) is 17.9 Å². The van der Waals surface area contributed by atoms with Crippen molar-refractivity contribution in [3.05, 3.63) is 0 Å². The number of carbonyl (C=O) groups is 1. The topological polar surface area (TPSA) is 20.3 Å². The number of nitrogens with zero attached hydrogens (tertiary/aromatic N) is 1. The third-order valence-corrected chi connectivity index (χ3v) is 5.45. The van der Waals surface area contributed by atoms with Crippen LogP contribution in [-0.2, 0) is 4.79 Å². The van der Waals surface area contributed by atoms with Gasteiger partial charge in [0.1, 0.15) is 5.78 Å². The molecular formula is C17H31NO. The van der Waals surface area contributed by atoms with Crippen LogP contribution in [0.2, 0.25) is 0 Å². The Bertz CT molecular complexity index is 332. The molecule has 0 radical (unpaired) electrons. The molecule has 1 aliphatic carbocycles. The molecule has 1 saturated carbocycles. The van der Waals surface area contributed by atoms with Crippen LogP contribution in [0.15, 0.2) is 0 Å². The van der Waals surface area contributed by atoms with E-state index >= 15 is 0 Å². The third-order valence-electron chi connectivity index (χ3n) is 5.45. The zero-order valence-corrected chi connectivity index (χ0v) is 13.5. The minimum absolute atomic E-state index is 0.0611. The van der Waals surface area contributed by atoms with Gasteiger partial charge in [-0.15, -0.1) is 0 Å². The van der Waals surface area contributed by atoms with Crippen molar-refractivity contribution in [2.24, 2.45) is 22.7 Å². The molecule has 1 atom stereocenters. The van der Waals surface area contributed by atoms with Gasteiger partial charge in [-0.2, -0.15) is 0 Å². The highest BCUT2D eigenvalue weighted by atomic mass is 16.1. The molecule has 0 aromatic carbocycles. The van der Waals surface area contributed by atoms with Gasteiger partial charge in [-0.3, -0.25) is 4.79 Å². The van der Waals surface area contributed by atoms with Crippen molar-refractivity contribution < 1.29 is 4.79 Å². The lowest BCUT2D eigenvalue weighted by Crippen LogP contribution is -2.41. The lowest BCUT2D eigenvalue weighted by Gasteiger charge is -2.39. The molecule has 2 fully saturated rings. The van der Waals surface area contributed by atoms with Gasteiger partial charge >= 0.3 is 0 Å². The lowest BCUT2D eigenvalue weighted by atomic mass is 9.75. The summed E-state index contributed by atoms with van der Waals surface area (Å²) in [6.45, 7) is 14.7. The maximum Gasteiger partial charge on any atom is 0.142 e. The van der Waals surface area contributed by atoms with Crippen LogP contribution in [0.1, 0.15) is 60.3 Å². The van der Waals surface area contributed by atoms with Crippen LogP contribution >= 0.6 is 0 Å². The first-order valence-corrected chi connectivity index (χ1v) is 7.97. The Morgan fingerprint density at radius 3 is 2.16 bits per heavy atom. The van der Waals surface area contributed by atoms with Crippen molar-refractivity contribution in [3.63, 3.8) is 0 Å². The summed E-state index contributed by atoms with van der Waals surface area (Å²) < 4.78 is 0. The first-order valence-electron chi connectivity index (χ1n) is 7.97. The van der Waals surface area contributed by atoms with Crippen molar-refractivity contribution in [2.45, 2.75) is 60.3 Å². The van der Waals surface area contributed by atoms with Crippen LogP contribution in [-0.4, -0.2) is 30.3 Å². The van der Waals surface area contributed by atoms with Crippen LogP contribution in [0.4, 0.5) is 0 Å². The first-order chi connectivity index (χ1) is 8.70. The molecule has 2 rings (SSSR count). The summed E-state index contributed by atoms with van der Waals surface area (Å²) in [5, 5.41) is 0. The van der Waals surface area contributed by atoms with Crippen molar-refractivity contribution in [3.8, 4) is 0 Å². The van der Waals surface area contributed by atoms with E-state index in [0.717, 1.165) is 25.3 Å². The van der Waals surface area contributed by atoms with E-state index in [1.165, 1.54) is 25.9 Å². The molecule has 19 heavy (non-hydrogen) atoms. The fourth-order valence-electron chi connectivity index (χ4n) is 3.81. The molecule has 0 amide bonds. The van der Waals surface area contributed by atoms with Gasteiger partial charge in [0.2, 0.25) is 0 Å². The third kappa shape index (κ3) is 3.39. The number of Topliss-reactive ketones (excluding diaryl/α,β-unsaturated/α-hetero) is 1. The molecule has 0 spiro atoms. The predicted octanol–water partition coefficient (Wildman–Crippen LogP) is 3.75. The number of likely N-dealkylation sites (tertiary alicyclic amines) is 1. The second-order valence-corrected chi connectivity index (χ2v) is 8.42. The highest BCUT2D eigenvalue weighted by Gasteiger charge is 2.41. The molecular weight excluding hydrogens is 234 g/mol. The van der Waals surface area contributed by atoms with Gasteiger partial charge in [0.05, 0.1) is 0 Å². The standard InChI is InChI=1S/C17H31NO/c1-16(2,3)14-7-10-18(11-8-14)12-13-6-9-17(4,5)15(13)19/h13-14H,6-12H2,1-5H3. The summed E-state index contributed by atoms with van der Waals surface area (Å²) >= 11 is 0. The van der Waals surface area contributed by atoms with Gasteiger partial charge in [0.15, 0.2) is 0 Å². The smallest absolute Gasteiger partial charge is 0.142 e. The average molecular weight is 265 g/mol. The number of ketones is 1. The number of carbonyl (C=O) groups excluding carboxylic acids is 1. The summed E-state index contributed by atoms with van der Waals surface area (Å²) in [7, 11) is 0. The van der Waals surface area contributed by atoms with Crippen molar-refractivity contribution >= 4 is 5.78 Å². The minimum atomic E-state index is -0.0611. The SMILES string of the molecule is CC1(C)CCC(CN2CCC(C(C)(C)C)CC2)C1=O. The molecule has 0 N–H and O–H groups in total. The second-order valence-electron chi connectivity index (χ2n) is 8.42. The zero-order valence-electron chi connectivity index (χ0n) is 13.5. The lowest BCUT2D eigenvalue weighted by molar-refractivity contribution is -0.128. The molecule has 1 saturated heterocycles. The maximum atomic E-state index is 12.3. The van der Waals surface area contributed by atoms with E-state index in [9.17, 15) is 4.79 Å². The van der Waals surface area contributed by atoms with Gasteiger partial charge in [-0.1, -0.05) is 34.6 Å². The van der Waals surface area contributed by atoms with Gasteiger partial charge in [-0.05, 0) is 50.1 Å². The molecule has 0 bridgehead atoms.